The van der Waals surface area contributed by atoms with Crippen molar-refractivity contribution in [2.45, 2.75) is 55.8 Å². The summed E-state index contributed by atoms with van der Waals surface area (Å²) in [5.41, 5.74) is 5.65. The summed E-state index contributed by atoms with van der Waals surface area (Å²) in [6.45, 7) is 0.288. The Hall–Kier alpha value is -4.15. The molecule has 0 spiro atoms. The van der Waals surface area contributed by atoms with Crippen LogP contribution in [0.15, 0.2) is 102 Å². The summed E-state index contributed by atoms with van der Waals surface area (Å²) >= 11 is 1.69. The number of methoxy groups -OCH3 is 1. The highest BCUT2D eigenvalue weighted by atomic mass is 32.2. The first-order valence-corrected chi connectivity index (χ1v) is 15.8. The van der Waals surface area contributed by atoms with Gasteiger partial charge in [-0.3, -0.25) is 9.59 Å². The molecule has 1 aliphatic rings. The van der Waals surface area contributed by atoms with Crippen molar-refractivity contribution in [1.82, 2.24) is 5.32 Å². The van der Waals surface area contributed by atoms with Crippen LogP contribution in [0, 0.1) is 0 Å². The van der Waals surface area contributed by atoms with Gasteiger partial charge in [-0.25, -0.2) is 0 Å². The van der Waals surface area contributed by atoms with Crippen molar-refractivity contribution >= 4 is 23.6 Å². The quantitative estimate of drug-likeness (QED) is 0.141. The van der Waals surface area contributed by atoms with Crippen LogP contribution in [0.5, 0.6) is 5.75 Å². The van der Waals surface area contributed by atoms with Crippen molar-refractivity contribution in [3.8, 4) is 16.9 Å². The van der Waals surface area contributed by atoms with Gasteiger partial charge in [-0.15, -0.1) is 11.8 Å². The molecule has 45 heavy (non-hydrogen) atoms. The van der Waals surface area contributed by atoms with E-state index in [4.69, 9.17) is 19.3 Å². The highest BCUT2D eigenvalue weighted by Gasteiger charge is 2.32. The minimum atomic E-state index is -0.996. The zero-order valence-electron chi connectivity index (χ0n) is 25.1. The van der Waals surface area contributed by atoms with E-state index in [2.05, 4.69) is 5.32 Å². The van der Waals surface area contributed by atoms with Crippen molar-refractivity contribution in [3.63, 3.8) is 0 Å². The van der Waals surface area contributed by atoms with Crippen LogP contribution < -0.4 is 10.1 Å². The lowest BCUT2D eigenvalue weighted by atomic mass is 9.97. The molecule has 3 unspecified atom stereocenters. The Kier molecular flexibility index (Phi) is 11.3. The van der Waals surface area contributed by atoms with Crippen LogP contribution in [0.1, 0.15) is 53.9 Å². The topological polar surface area (TPSA) is 114 Å². The number of amides is 1. The summed E-state index contributed by atoms with van der Waals surface area (Å²) in [6, 6.07) is 31.7. The van der Waals surface area contributed by atoms with E-state index < -0.39 is 12.3 Å². The highest BCUT2D eigenvalue weighted by Crippen LogP contribution is 2.41. The van der Waals surface area contributed by atoms with Gasteiger partial charge >= 0.3 is 5.97 Å². The third-order valence-electron chi connectivity index (χ3n) is 7.66. The molecule has 1 amide bonds. The maximum atomic E-state index is 12.1. The smallest absolute Gasteiger partial charge is 0.303 e. The number of nitrogens with one attached hydrogen (secondary N) is 1. The number of carbonyl (C=O) groups excluding carboxylic acids is 1. The number of carboxylic acid groups (broad SMARTS) is 1. The van der Waals surface area contributed by atoms with E-state index in [1.807, 2.05) is 97.1 Å². The first-order valence-electron chi connectivity index (χ1n) is 14.9. The van der Waals surface area contributed by atoms with Gasteiger partial charge in [0.1, 0.15) is 5.75 Å². The van der Waals surface area contributed by atoms with E-state index >= 15 is 0 Å². The number of hydrogen-bond acceptors (Lipinski definition) is 7. The maximum Gasteiger partial charge on any atom is 0.303 e. The molecule has 3 N–H and O–H groups in total. The Morgan fingerprint density at radius 3 is 2.33 bits per heavy atom. The van der Waals surface area contributed by atoms with Gasteiger partial charge in [0.05, 0.1) is 32.3 Å². The van der Waals surface area contributed by atoms with Crippen molar-refractivity contribution in [1.29, 1.82) is 0 Å². The second-order valence-electron chi connectivity index (χ2n) is 10.8. The van der Waals surface area contributed by atoms with Crippen molar-refractivity contribution in [2.75, 3.05) is 12.9 Å². The van der Waals surface area contributed by atoms with E-state index in [1.54, 1.807) is 18.9 Å². The Morgan fingerprint density at radius 1 is 0.889 bits per heavy atom. The molecule has 1 fully saturated rings. The van der Waals surface area contributed by atoms with Gasteiger partial charge in [0.2, 0.25) is 5.91 Å². The average Bonchev–Trinajstić information content (AvgIpc) is 3.09. The van der Waals surface area contributed by atoms with Gasteiger partial charge in [-0.2, -0.15) is 0 Å². The van der Waals surface area contributed by atoms with Gasteiger partial charge in [0.25, 0.3) is 0 Å². The summed E-state index contributed by atoms with van der Waals surface area (Å²) in [7, 11) is 1.67. The predicted molar refractivity (Wildman–Crippen MR) is 173 cm³/mol. The van der Waals surface area contributed by atoms with Crippen molar-refractivity contribution < 1.29 is 34.0 Å². The summed E-state index contributed by atoms with van der Waals surface area (Å²) < 4.78 is 18.6. The van der Waals surface area contributed by atoms with Crippen LogP contribution in [0.25, 0.3) is 11.1 Å². The molecule has 234 valence electrons. The lowest BCUT2D eigenvalue weighted by molar-refractivity contribution is -0.245. The summed E-state index contributed by atoms with van der Waals surface area (Å²) in [5, 5.41) is 21.2. The molecule has 5 rings (SSSR count). The number of thioether (sulfide) groups is 1. The van der Waals surface area contributed by atoms with Gasteiger partial charge in [-0.1, -0.05) is 84.9 Å². The van der Waals surface area contributed by atoms with Crippen LogP contribution >= 0.6 is 11.8 Å². The number of benzene rings is 4. The summed E-state index contributed by atoms with van der Waals surface area (Å²) in [6.07, 6.45) is -0.437. The summed E-state index contributed by atoms with van der Waals surface area (Å²) in [4.78, 5) is 24.0. The number of aliphatic carboxylic acids is 1. The number of aliphatic hydroxyl groups excluding tert-OH is 1. The average molecular weight is 628 g/mol. The fraction of sp³-hybridized carbons (Fsp3) is 0.278. The highest BCUT2D eigenvalue weighted by molar-refractivity contribution is 7.99. The van der Waals surface area contributed by atoms with Crippen LogP contribution in [0.2, 0.25) is 0 Å². The second kappa shape index (κ2) is 15.7. The molecule has 0 aromatic heterocycles. The van der Waals surface area contributed by atoms with Crippen LogP contribution in [0.3, 0.4) is 0 Å². The van der Waals surface area contributed by atoms with E-state index in [1.165, 1.54) is 0 Å². The number of hydrogen-bond donors (Lipinski definition) is 3. The molecule has 8 nitrogen and oxygen atoms in total. The molecular weight excluding hydrogens is 590 g/mol. The Bertz CT molecular complexity index is 1580. The molecule has 3 atom stereocenters. The second-order valence-corrected chi connectivity index (χ2v) is 11.8. The molecule has 1 saturated heterocycles. The minimum absolute atomic E-state index is 0.0116. The van der Waals surface area contributed by atoms with Crippen molar-refractivity contribution in [3.05, 3.63) is 119 Å². The molecule has 9 heteroatoms. The SMILES string of the molecule is COc1ccccc1SCC1CC(c2ccc(CO)cc2)OC(c2ccc(-c3ccccc3CNC(=O)CCC(=O)O)cc2)O1. The summed E-state index contributed by atoms with van der Waals surface area (Å²) in [5.74, 6) is 0.254. The lowest BCUT2D eigenvalue weighted by Gasteiger charge is -2.36. The molecule has 0 aliphatic carbocycles. The number of rotatable bonds is 13. The van der Waals surface area contributed by atoms with Crippen LogP contribution in [-0.2, 0) is 32.2 Å². The molecule has 0 saturated carbocycles. The zero-order chi connectivity index (χ0) is 31.6. The third-order valence-corrected chi connectivity index (χ3v) is 8.85. The van der Waals surface area contributed by atoms with Gasteiger partial charge < -0.3 is 29.7 Å². The molecule has 1 heterocycles. The van der Waals surface area contributed by atoms with Gasteiger partial charge in [0.15, 0.2) is 6.29 Å². The van der Waals surface area contributed by atoms with E-state index in [-0.39, 0.29) is 37.6 Å². The first-order chi connectivity index (χ1) is 21.9. The number of carbonyl (C=O) groups is 2. The Morgan fingerprint density at radius 2 is 1.60 bits per heavy atom. The third kappa shape index (κ3) is 8.73. The number of aliphatic hydroxyl groups is 1. The minimum Gasteiger partial charge on any atom is -0.496 e. The largest absolute Gasteiger partial charge is 0.496 e. The number of carboxylic acids is 1. The Labute approximate surface area is 267 Å². The zero-order valence-corrected chi connectivity index (χ0v) is 25.9. The molecule has 0 radical (unpaired) electrons. The predicted octanol–water partition coefficient (Wildman–Crippen LogP) is 6.67. The standard InChI is InChI=1S/C36H37NO7S/c1-42-31-8-4-5-9-33(31)45-23-29-20-32(26-12-10-24(22-38)11-13-26)44-36(43-29)27-16-14-25(15-17-27)30-7-3-2-6-28(30)21-37-34(39)18-19-35(40)41/h2-17,29,32,36,38H,18-23H2,1H3,(H,37,39)(H,40,41). The molecular formula is C36H37NO7S. The maximum absolute atomic E-state index is 12.1. The van der Waals surface area contributed by atoms with E-state index in [0.717, 1.165) is 49.8 Å². The van der Waals surface area contributed by atoms with E-state index in [9.17, 15) is 14.7 Å². The lowest BCUT2D eigenvalue weighted by Crippen LogP contribution is -2.31. The van der Waals surface area contributed by atoms with E-state index in [0.29, 0.717) is 13.0 Å². The fourth-order valence-electron chi connectivity index (χ4n) is 5.22. The Balaban J connectivity index is 1.32. The first kappa shape index (κ1) is 32.2. The molecule has 4 aromatic rings. The number of para-hydroxylation sites is 1. The van der Waals surface area contributed by atoms with Crippen LogP contribution in [-0.4, -0.2) is 41.1 Å². The molecule has 0 bridgehead atoms. The van der Waals surface area contributed by atoms with Gasteiger partial charge in [0, 0.05) is 35.6 Å². The molecule has 4 aromatic carbocycles. The number of ether oxygens (including phenoxy) is 3. The van der Waals surface area contributed by atoms with Crippen LogP contribution in [0.4, 0.5) is 0 Å². The molecule has 1 aliphatic heterocycles. The monoisotopic (exact) mass is 627 g/mol. The van der Waals surface area contributed by atoms with Gasteiger partial charge in [-0.05, 0) is 39.9 Å². The van der Waals surface area contributed by atoms with Crippen molar-refractivity contribution in [2.24, 2.45) is 0 Å². The fourth-order valence-corrected chi connectivity index (χ4v) is 6.27. The normalized spacial score (nSPS) is 17.9.